The van der Waals surface area contributed by atoms with Crippen molar-refractivity contribution in [2.24, 2.45) is 5.14 Å². The maximum Gasteiger partial charge on any atom is 0.238 e. The van der Waals surface area contributed by atoms with Gasteiger partial charge in [0, 0.05) is 29.1 Å². The lowest BCUT2D eigenvalue weighted by Gasteiger charge is -2.14. The summed E-state index contributed by atoms with van der Waals surface area (Å²) in [6.45, 7) is 3.82. The Kier molecular flexibility index (Phi) is 5.81. The van der Waals surface area contributed by atoms with Gasteiger partial charge in [-0.25, -0.2) is 23.5 Å². The van der Waals surface area contributed by atoms with E-state index in [9.17, 15) is 8.42 Å². The molecule has 0 aliphatic rings. The van der Waals surface area contributed by atoms with Crippen molar-refractivity contribution >= 4 is 33.0 Å². The number of nitrogens with two attached hydrogens (primary N) is 1. The topological polar surface area (TPSA) is 95.2 Å². The van der Waals surface area contributed by atoms with Gasteiger partial charge in [0.15, 0.2) is 0 Å². The second-order valence-electron chi connectivity index (χ2n) is 6.15. The monoisotopic (exact) mass is 423 g/mol. The third-order valence-corrected chi connectivity index (χ3v) is 5.62. The molecule has 0 fully saturated rings. The molecular weight excluding hydrogens is 406 g/mol. The van der Waals surface area contributed by atoms with Gasteiger partial charge in [-0.05, 0) is 44.2 Å². The molecule has 0 saturated heterocycles. The fraction of sp³-hybridized carbons (Fsp3) is 0.222. The molecule has 6 nitrogen and oxygen atoms in total. The lowest BCUT2D eigenvalue weighted by Crippen LogP contribution is -2.13. The van der Waals surface area contributed by atoms with Gasteiger partial charge in [0.05, 0.1) is 21.7 Å². The molecule has 0 aliphatic heterocycles. The van der Waals surface area contributed by atoms with Crippen molar-refractivity contribution in [2.45, 2.75) is 31.3 Å². The predicted molar refractivity (Wildman–Crippen MR) is 107 cm³/mol. The molecule has 2 heterocycles. The quantitative estimate of drug-likeness (QED) is 0.607. The summed E-state index contributed by atoms with van der Waals surface area (Å²) in [4.78, 5) is 8.73. The second kappa shape index (κ2) is 7.93. The van der Waals surface area contributed by atoms with Crippen LogP contribution >= 0.6 is 22.9 Å². The summed E-state index contributed by atoms with van der Waals surface area (Å²) in [5.74, 6) is 0.613. The number of benzene rings is 1. The number of sulfonamides is 1. The largest absolute Gasteiger partial charge is 0.491 e. The van der Waals surface area contributed by atoms with Crippen LogP contribution in [0.4, 0.5) is 0 Å². The molecule has 0 radical (unpaired) electrons. The Morgan fingerprint density at radius 2 is 2.04 bits per heavy atom. The minimum Gasteiger partial charge on any atom is -0.491 e. The number of nitrogens with zero attached hydrogens (tertiary/aromatic N) is 2. The van der Waals surface area contributed by atoms with Crippen molar-refractivity contribution in [1.29, 1.82) is 0 Å². The van der Waals surface area contributed by atoms with Crippen LogP contribution in [0.25, 0.3) is 11.3 Å². The fourth-order valence-electron chi connectivity index (χ4n) is 2.45. The van der Waals surface area contributed by atoms with Crippen molar-refractivity contribution in [3.63, 3.8) is 0 Å². The molecular formula is C18H18ClN3O3S2. The second-order valence-corrected chi connectivity index (χ2v) is 9.05. The van der Waals surface area contributed by atoms with Gasteiger partial charge >= 0.3 is 0 Å². The maximum absolute atomic E-state index is 11.7. The Balaban J connectivity index is 1.93. The summed E-state index contributed by atoms with van der Waals surface area (Å²) in [5.41, 5.74) is 2.36. The van der Waals surface area contributed by atoms with Gasteiger partial charge in [0.2, 0.25) is 10.0 Å². The van der Waals surface area contributed by atoms with Crippen molar-refractivity contribution in [1.82, 2.24) is 9.97 Å². The molecule has 2 N–H and O–H groups in total. The normalized spacial score (nSPS) is 11.7. The van der Waals surface area contributed by atoms with Crippen LogP contribution < -0.4 is 9.88 Å². The SMILES string of the molecule is CC(C)Oc1ccc(S(N)(=O)=O)cc1Cc1nc(-c2ccc(Cl)nc2)cs1. The first-order valence-corrected chi connectivity index (χ1v) is 10.9. The standard InChI is InChI=1S/C18H18ClN3O3S2/c1-11(2)25-16-5-4-14(27(20,23)24)7-13(16)8-18-22-15(10-26-18)12-3-6-17(19)21-9-12/h3-7,9-11H,8H2,1-2H3,(H2,20,23,24). The van der Waals surface area contributed by atoms with E-state index >= 15 is 0 Å². The van der Waals surface area contributed by atoms with E-state index in [2.05, 4.69) is 9.97 Å². The highest BCUT2D eigenvalue weighted by Gasteiger charge is 2.15. The van der Waals surface area contributed by atoms with E-state index in [-0.39, 0.29) is 11.0 Å². The number of ether oxygens (including phenoxy) is 1. The Hall–Kier alpha value is -2.00. The molecule has 0 bridgehead atoms. The maximum atomic E-state index is 11.7. The summed E-state index contributed by atoms with van der Waals surface area (Å²) >= 11 is 7.30. The number of primary sulfonamides is 1. The lowest BCUT2D eigenvalue weighted by molar-refractivity contribution is 0.240. The zero-order chi connectivity index (χ0) is 19.6. The molecule has 0 unspecified atom stereocenters. The van der Waals surface area contributed by atoms with Crippen LogP contribution in [0, 0.1) is 0 Å². The molecule has 0 atom stereocenters. The third-order valence-electron chi connectivity index (χ3n) is 3.64. The molecule has 1 aromatic carbocycles. The Labute approximate surface area is 167 Å². The van der Waals surface area contributed by atoms with Crippen molar-refractivity contribution < 1.29 is 13.2 Å². The first-order chi connectivity index (χ1) is 12.7. The van der Waals surface area contributed by atoms with Gasteiger partial charge in [-0.3, -0.25) is 0 Å². The molecule has 0 spiro atoms. The lowest BCUT2D eigenvalue weighted by atomic mass is 10.1. The van der Waals surface area contributed by atoms with Crippen molar-refractivity contribution in [3.8, 4) is 17.0 Å². The number of thiazole rings is 1. The van der Waals surface area contributed by atoms with Gasteiger partial charge < -0.3 is 4.74 Å². The molecule has 0 amide bonds. The number of aromatic nitrogens is 2. The van der Waals surface area contributed by atoms with Crippen LogP contribution in [0.5, 0.6) is 5.75 Å². The van der Waals surface area contributed by atoms with Crippen LogP contribution in [0.15, 0.2) is 46.8 Å². The zero-order valence-electron chi connectivity index (χ0n) is 14.7. The summed E-state index contributed by atoms with van der Waals surface area (Å²) in [6, 6.07) is 8.18. The molecule has 0 saturated carbocycles. The summed E-state index contributed by atoms with van der Waals surface area (Å²) in [6.07, 6.45) is 2.05. The minimum absolute atomic E-state index is 0.0453. The molecule has 0 aliphatic carbocycles. The Bertz CT molecular complexity index is 1050. The first kappa shape index (κ1) is 19.8. The number of hydrogen-bond acceptors (Lipinski definition) is 6. The van der Waals surface area contributed by atoms with Gasteiger partial charge in [0.25, 0.3) is 0 Å². The molecule has 27 heavy (non-hydrogen) atoms. The minimum atomic E-state index is -3.80. The molecule has 3 rings (SSSR count). The van der Waals surface area contributed by atoms with E-state index in [1.54, 1.807) is 18.3 Å². The molecule has 9 heteroatoms. The molecule has 3 aromatic rings. The highest BCUT2D eigenvalue weighted by Crippen LogP contribution is 2.29. The average molecular weight is 424 g/mol. The fourth-order valence-corrected chi connectivity index (χ4v) is 3.96. The van der Waals surface area contributed by atoms with Crippen LogP contribution in [0.3, 0.4) is 0 Å². The van der Waals surface area contributed by atoms with E-state index in [1.807, 2.05) is 25.3 Å². The Morgan fingerprint density at radius 1 is 1.26 bits per heavy atom. The number of rotatable bonds is 6. The highest BCUT2D eigenvalue weighted by atomic mass is 35.5. The van der Waals surface area contributed by atoms with Gasteiger partial charge in [-0.15, -0.1) is 11.3 Å². The van der Waals surface area contributed by atoms with Crippen molar-refractivity contribution in [2.75, 3.05) is 0 Å². The summed E-state index contributed by atoms with van der Waals surface area (Å²) in [7, 11) is -3.80. The highest BCUT2D eigenvalue weighted by molar-refractivity contribution is 7.89. The smallest absolute Gasteiger partial charge is 0.238 e. The third kappa shape index (κ3) is 5.04. The van der Waals surface area contributed by atoms with E-state index in [0.29, 0.717) is 22.9 Å². The number of halogens is 1. The molecule has 2 aromatic heterocycles. The van der Waals surface area contributed by atoms with Crippen LogP contribution in [0.1, 0.15) is 24.4 Å². The van der Waals surface area contributed by atoms with Gasteiger partial charge in [-0.2, -0.15) is 0 Å². The van der Waals surface area contributed by atoms with Crippen LogP contribution in [-0.2, 0) is 16.4 Å². The van der Waals surface area contributed by atoms with E-state index in [0.717, 1.165) is 16.3 Å². The number of pyridine rings is 1. The van der Waals surface area contributed by atoms with E-state index in [4.69, 9.17) is 21.5 Å². The van der Waals surface area contributed by atoms with Crippen LogP contribution in [0.2, 0.25) is 5.15 Å². The Morgan fingerprint density at radius 3 is 2.67 bits per heavy atom. The first-order valence-electron chi connectivity index (χ1n) is 8.11. The van der Waals surface area contributed by atoms with Gasteiger partial charge in [-0.1, -0.05) is 11.6 Å². The summed E-state index contributed by atoms with van der Waals surface area (Å²) in [5, 5.41) is 8.43. The average Bonchev–Trinajstić information content (AvgIpc) is 3.04. The predicted octanol–water partition coefficient (Wildman–Crippen LogP) is 3.88. The van der Waals surface area contributed by atoms with E-state index < -0.39 is 10.0 Å². The molecule has 142 valence electrons. The number of hydrogen-bond donors (Lipinski definition) is 1. The summed E-state index contributed by atoms with van der Waals surface area (Å²) < 4.78 is 29.2. The van der Waals surface area contributed by atoms with Crippen molar-refractivity contribution in [3.05, 3.63) is 57.6 Å². The van der Waals surface area contributed by atoms with E-state index in [1.165, 1.54) is 23.5 Å². The van der Waals surface area contributed by atoms with Crippen LogP contribution in [-0.4, -0.2) is 24.5 Å². The van der Waals surface area contributed by atoms with Gasteiger partial charge in [0.1, 0.15) is 10.9 Å². The zero-order valence-corrected chi connectivity index (χ0v) is 17.1.